The molecule has 5 nitrogen and oxygen atoms in total. The highest BCUT2D eigenvalue weighted by atomic mass is 35.5. The Morgan fingerprint density at radius 3 is 2.33 bits per heavy atom. The van der Waals surface area contributed by atoms with Gasteiger partial charge in [-0.05, 0) is 53.6 Å². The van der Waals surface area contributed by atoms with Gasteiger partial charge in [-0.25, -0.2) is 4.98 Å². The lowest BCUT2D eigenvalue weighted by molar-refractivity contribution is 0.102. The number of fused-ring (bicyclic) bond motifs is 1. The smallest absolute Gasteiger partial charge is 0.255 e. The molecule has 6 heteroatoms. The van der Waals surface area contributed by atoms with Crippen LogP contribution in [-0.4, -0.2) is 20.7 Å². The lowest BCUT2D eigenvalue weighted by atomic mass is 9.89. The maximum absolute atomic E-state index is 12.4. The fraction of sp³-hybridized carbons (Fsp3) is 0.208. The summed E-state index contributed by atoms with van der Waals surface area (Å²) in [5.41, 5.74) is 5.20. The third-order valence-corrected chi connectivity index (χ3v) is 5.29. The molecule has 4 rings (SSSR count). The van der Waals surface area contributed by atoms with Crippen LogP contribution < -0.4 is 5.32 Å². The van der Waals surface area contributed by atoms with E-state index in [9.17, 15) is 4.79 Å². The molecule has 0 unspecified atom stereocenters. The van der Waals surface area contributed by atoms with Crippen molar-refractivity contribution in [2.45, 2.75) is 26.2 Å². The lowest BCUT2D eigenvalue weighted by Gasteiger charge is -2.19. The first-order valence-electron chi connectivity index (χ1n) is 9.73. The van der Waals surface area contributed by atoms with Gasteiger partial charge in [-0.15, -0.1) is 0 Å². The van der Waals surface area contributed by atoms with Gasteiger partial charge in [-0.2, -0.15) is 5.10 Å². The van der Waals surface area contributed by atoms with E-state index in [1.807, 2.05) is 37.5 Å². The number of nitrogens with zero attached hydrogens (tertiary/aromatic N) is 3. The third kappa shape index (κ3) is 3.94. The van der Waals surface area contributed by atoms with Gasteiger partial charge in [0.2, 0.25) is 0 Å². The monoisotopic (exact) mass is 418 g/mol. The minimum Gasteiger partial charge on any atom is -0.322 e. The van der Waals surface area contributed by atoms with E-state index in [4.69, 9.17) is 16.6 Å². The summed E-state index contributed by atoms with van der Waals surface area (Å²) in [6.45, 7) is 6.45. The molecule has 0 aliphatic carbocycles. The minimum atomic E-state index is -0.173. The number of amides is 1. The van der Waals surface area contributed by atoms with Crippen molar-refractivity contribution in [3.05, 3.63) is 77.1 Å². The summed E-state index contributed by atoms with van der Waals surface area (Å²) in [5, 5.41) is 8.92. The van der Waals surface area contributed by atoms with Crippen LogP contribution in [0.3, 0.4) is 0 Å². The molecular weight excluding hydrogens is 396 g/mol. The van der Waals surface area contributed by atoms with E-state index in [2.05, 4.69) is 37.3 Å². The molecule has 0 aliphatic rings. The number of pyridine rings is 1. The van der Waals surface area contributed by atoms with Crippen LogP contribution in [0.1, 0.15) is 36.8 Å². The molecule has 0 radical (unpaired) electrons. The van der Waals surface area contributed by atoms with Crippen molar-refractivity contribution < 1.29 is 4.79 Å². The number of carbonyl (C=O) groups excluding carboxylic acids is 1. The molecule has 0 atom stereocenters. The second-order valence-electron chi connectivity index (χ2n) is 8.35. The number of nitrogens with one attached hydrogen (secondary N) is 1. The Morgan fingerprint density at radius 1 is 1.03 bits per heavy atom. The summed E-state index contributed by atoms with van der Waals surface area (Å²) in [7, 11) is 1.90. The Morgan fingerprint density at radius 2 is 1.70 bits per heavy atom. The number of anilines is 1. The van der Waals surface area contributed by atoms with E-state index in [1.54, 1.807) is 28.9 Å². The Bertz CT molecular complexity index is 1220. The fourth-order valence-electron chi connectivity index (χ4n) is 3.28. The van der Waals surface area contributed by atoms with Crippen LogP contribution in [0, 0.1) is 0 Å². The molecular formula is C24H23ClN4O. The van der Waals surface area contributed by atoms with Gasteiger partial charge in [0.05, 0.1) is 6.20 Å². The normalized spacial score (nSPS) is 11.6. The maximum Gasteiger partial charge on any atom is 0.255 e. The molecule has 2 aromatic carbocycles. The standard InChI is InChI=1S/C24H23ClN4O/c1-24(2,3)21-13-19(20-14-26-29(4)22(20)28-21)15-7-11-18(12-8-15)27-23(30)16-5-9-17(25)10-6-16/h5-14H,1-4H3,(H,27,30). The number of halogens is 1. The third-order valence-electron chi connectivity index (χ3n) is 5.03. The number of aromatic nitrogens is 3. The predicted octanol–water partition coefficient (Wildman–Crippen LogP) is 5.84. The van der Waals surface area contributed by atoms with Crippen molar-refractivity contribution in [1.82, 2.24) is 14.8 Å². The van der Waals surface area contributed by atoms with Crippen molar-refractivity contribution >= 4 is 34.2 Å². The zero-order chi connectivity index (χ0) is 21.5. The largest absolute Gasteiger partial charge is 0.322 e. The average molecular weight is 419 g/mol. The first-order chi connectivity index (χ1) is 14.2. The minimum absolute atomic E-state index is 0.0836. The number of carbonyl (C=O) groups is 1. The molecule has 4 aromatic rings. The maximum atomic E-state index is 12.4. The molecule has 2 heterocycles. The SMILES string of the molecule is Cn1ncc2c(-c3ccc(NC(=O)c4ccc(Cl)cc4)cc3)cc(C(C)(C)C)nc21. The summed E-state index contributed by atoms with van der Waals surface area (Å²) in [6.07, 6.45) is 1.85. The van der Waals surface area contributed by atoms with Crippen LogP contribution in [0.2, 0.25) is 5.02 Å². The Labute approximate surface area is 180 Å². The summed E-state index contributed by atoms with van der Waals surface area (Å²) in [5.74, 6) is -0.173. The highest BCUT2D eigenvalue weighted by Gasteiger charge is 2.20. The van der Waals surface area contributed by atoms with Crippen LogP contribution in [0.4, 0.5) is 5.69 Å². The first kappa shape index (κ1) is 20.1. The van der Waals surface area contributed by atoms with Crippen LogP contribution >= 0.6 is 11.6 Å². The Hall–Kier alpha value is -3.18. The van der Waals surface area contributed by atoms with E-state index >= 15 is 0 Å². The van der Waals surface area contributed by atoms with Crippen molar-refractivity contribution in [3.8, 4) is 11.1 Å². The van der Waals surface area contributed by atoms with Gasteiger partial charge >= 0.3 is 0 Å². The van der Waals surface area contributed by atoms with Gasteiger partial charge in [-0.1, -0.05) is 44.5 Å². The summed E-state index contributed by atoms with van der Waals surface area (Å²) in [6, 6.07) is 16.8. The Kier molecular flexibility index (Phi) is 5.08. The zero-order valence-corrected chi connectivity index (χ0v) is 18.2. The molecule has 0 saturated carbocycles. The first-order valence-corrected chi connectivity index (χ1v) is 10.1. The number of rotatable bonds is 3. The van der Waals surface area contributed by atoms with Gasteiger partial charge in [0.15, 0.2) is 5.65 Å². The second-order valence-corrected chi connectivity index (χ2v) is 8.79. The van der Waals surface area contributed by atoms with Crippen LogP contribution in [0.5, 0.6) is 0 Å². The van der Waals surface area contributed by atoms with E-state index in [1.165, 1.54) is 0 Å². The molecule has 0 fully saturated rings. The number of hydrogen-bond acceptors (Lipinski definition) is 3. The molecule has 1 amide bonds. The molecule has 2 aromatic heterocycles. The van der Waals surface area contributed by atoms with E-state index in [0.29, 0.717) is 10.6 Å². The van der Waals surface area contributed by atoms with Gasteiger partial charge in [0, 0.05) is 39.8 Å². The number of aryl methyl sites for hydroxylation is 1. The molecule has 1 N–H and O–H groups in total. The number of hydrogen-bond donors (Lipinski definition) is 1. The van der Waals surface area contributed by atoms with Crippen molar-refractivity contribution in [2.75, 3.05) is 5.32 Å². The summed E-state index contributed by atoms with van der Waals surface area (Å²) >= 11 is 5.89. The Balaban J connectivity index is 1.66. The van der Waals surface area contributed by atoms with Crippen LogP contribution in [0.25, 0.3) is 22.2 Å². The van der Waals surface area contributed by atoms with Crippen LogP contribution in [-0.2, 0) is 12.5 Å². The zero-order valence-electron chi connectivity index (χ0n) is 17.4. The molecule has 0 spiro atoms. The quantitative estimate of drug-likeness (QED) is 0.454. The predicted molar refractivity (Wildman–Crippen MR) is 122 cm³/mol. The highest BCUT2D eigenvalue weighted by Crippen LogP contribution is 2.33. The average Bonchev–Trinajstić information content (AvgIpc) is 3.09. The van der Waals surface area contributed by atoms with Crippen molar-refractivity contribution in [1.29, 1.82) is 0 Å². The van der Waals surface area contributed by atoms with Gasteiger partial charge in [-0.3, -0.25) is 9.48 Å². The summed E-state index contributed by atoms with van der Waals surface area (Å²) in [4.78, 5) is 17.3. The lowest BCUT2D eigenvalue weighted by Crippen LogP contribution is -2.14. The highest BCUT2D eigenvalue weighted by molar-refractivity contribution is 6.30. The molecule has 30 heavy (non-hydrogen) atoms. The molecule has 152 valence electrons. The molecule has 0 bridgehead atoms. The van der Waals surface area contributed by atoms with Gasteiger partial charge in [0.1, 0.15) is 0 Å². The molecule has 0 saturated heterocycles. The van der Waals surface area contributed by atoms with Crippen LogP contribution in [0.15, 0.2) is 60.8 Å². The number of benzene rings is 2. The van der Waals surface area contributed by atoms with E-state index in [-0.39, 0.29) is 11.3 Å². The summed E-state index contributed by atoms with van der Waals surface area (Å²) < 4.78 is 1.80. The fourth-order valence-corrected chi connectivity index (χ4v) is 3.40. The van der Waals surface area contributed by atoms with Crippen molar-refractivity contribution in [2.24, 2.45) is 7.05 Å². The van der Waals surface area contributed by atoms with Gasteiger partial charge < -0.3 is 5.32 Å². The van der Waals surface area contributed by atoms with E-state index < -0.39 is 0 Å². The van der Waals surface area contributed by atoms with E-state index in [0.717, 1.165) is 33.5 Å². The molecule has 0 aliphatic heterocycles. The van der Waals surface area contributed by atoms with Gasteiger partial charge in [0.25, 0.3) is 5.91 Å². The topological polar surface area (TPSA) is 59.8 Å². The van der Waals surface area contributed by atoms with Crippen molar-refractivity contribution in [3.63, 3.8) is 0 Å². The second kappa shape index (κ2) is 7.58.